The lowest BCUT2D eigenvalue weighted by Crippen LogP contribution is -2.48. The first kappa shape index (κ1) is 26.4. The lowest BCUT2D eigenvalue weighted by Gasteiger charge is -2.35. The summed E-state index contributed by atoms with van der Waals surface area (Å²) in [6.45, 7) is 3.08. The zero-order valence-corrected chi connectivity index (χ0v) is 22.7. The zero-order chi connectivity index (χ0) is 26.9. The Morgan fingerprint density at radius 1 is 0.895 bits per heavy atom. The van der Waals surface area contributed by atoms with E-state index < -0.39 is 9.84 Å². The molecule has 3 aromatic carbocycles. The number of para-hydroxylation sites is 1. The van der Waals surface area contributed by atoms with E-state index in [9.17, 15) is 18.3 Å². The summed E-state index contributed by atoms with van der Waals surface area (Å²) < 4.78 is 26.3. The van der Waals surface area contributed by atoms with E-state index in [-0.39, 0.29) is 32.4 Å². The Hall–Kier alpha value is -3.17. The lowest BCUT2D eigenvalue weighted by molar-refractivity contribution is 0.0628. The molecular formula is C28H25Cl2N3O4S. The molecule has 1 N–H and O–H groups in total. The summed E-state index contributed by atoms with van der Waals surface area (Å²) in [4.78, 5) is 21.5. The number of phenols is 1. The van der Waals surface area contributed by atoms with Crippen LogP contribution in [0.5, 0.6) is 5.75 Å². The number of nitrogens with zero attached hydrogens (tertiary/aromatic N) is 3. The van der Waals surface area contributed by atoms with Gasteiger partial charge in [0.2, 0.25) is 0 Å². The maximum absolute atomic E-state index is 13.2. The monoisotopic (exact) mass is 569 g/mol. The number of hydrogen-bond donors (Lipinski definition) is 1. The van der Waals surface area contributed by atoms with Crippen molar-refractivity contribution in [1.29, 1.82) is 0 Å². The van der Waals surface area contributed by atoms with Crippen LogP contribution in [-0.2, 0) is 22.1 Å². The fourth-order valence-electron chi connectivity index (χ4n) is 4.63. The van der Waals surface area contributed by atoms with E-state index in [0.717, 1.165) is 10.9 Å². The van der Waals surface area contributed by atoms with E-state index >= 15 is 0 Å². The predicted octanol–water partition coefficient (Wildman–Crippen LogP) is 5.18. The molecule has 4 aromatic rings. The number of phenolic OH excluding ortho intramolecular Hbond substituents is 1. The second kappa shape index (κ2) is 10.9. The van der Waals surface area contributed by atoms with Crippen molar-refractivity contribution in [2.24, 2.45) is 0 Å². The van der Waals surface area contributed by atoms with Crippen molar-refractivity contribution in [3.63, 3.8) is 0 Å². The number of aromatic nitrogens is 1. The quantitative estimate of drug-likeness (QED) is 0.344. The SMILES string of the molecule is O=C(c1ccc(CS(=O)(=O)c2cccc3cccnc23)cc1)N1CCN(Cc2cc(Cl)c(O)c(Cl)c2)CC1. The molecule has 1 aliphatic heterocycles. The zero-order valence-electron chi connectivity index (χ0n) is 20.3. The average Bonchev–Trinajstić information content (AvgIpc) is 2.91. The van der Waals surface area contributed by atoms with E-state index in [4.69, 9.17) is 23.2 Å². The Morgan fingerprint density at radius 2 is 1.55 bits per heavy atom. The molecule has 0 aliphatic carbocycles. The van der Waals surface area contributed by atoms with Gasteiger partial charge in [-0.05, 0) is 47.5 Å². The number of aromatic hydroxyl groups is 1. The lowest BCUT2D eigenvalue weighted by atomic mass is 10.1. The minimum absolute atomic E-state index is 0.0898. The first-order chi connectivity index (χ1) is 18.2. The summed E-state index contributed by atoms with van der Waals surface area (Å²) in [6.07, 6.45) is 1.58. The van der Waals surface area contributed by atoms with Gasteiger partial charge in [0.25, 0.3) is 5.91 Å². The van der Waals surface area contributed by atoms with Gasteiger partial charge in [-0.2, -0.15) is 0 Å². The van der Waals surface area contributed by atoms with Crippen LogP contribution >= 0.6 is 23.2 Å². The molecule has 1 fully saturated rings. The summed E-state index contributed by atoms with van der Waals surface area (Å²) in [5.41, 5.74) is 2.47. The van der Waals surface area contributed by atoms with Gasteiger partial charge >= 0.3 is 0 Å². The number of benzene rings is 3. The standard InChI is InChI=1S/C28H25Cl2N3O4S/c29-23-15-20(16-24(30)27(23)34)17-32-11-13-33(14-12-32)28(35)22-8-6-19(7-9-22)18-38(36,37)25-5-1-3-21-4-2-10-31-26(21)25/h1-10,15-16,34H,11-14,17-18H2. The van der Waals surface area contributed by atoms with E-state index in [0.29, 0.717) is 49.4 Å². The molecule has 1 amide bonds. The Labute approximate surface area is 231 Å². The highest BCUT2D eigenvalue weighted by atomic mass is 35.5. The molecule has 1 aromatic heterocycles. The molecule has 0 radical (unpaired) electrons. The predicted molar refractivity (Wildman–Crippen MR) is 148 cm³/mol. The number of pyridine rings is 1. The molecule has 1 aliphatic rings. The number of carbonyl (C=O) groups is 1. The van der Waals surface area contributed by atoms with Crippen molar-refractivity contribution in [2.45, 2.75) is 17.2 Å². The summed E-state index contributed by atoms with van der Waals surface area (Å²) in [7, 11) is -3.63. The van der Waals surface area contributed by atoms with Crippen LogP contribution in [0.3, 0.4) is 0 Å². The smallest absolute Gasteiger partial charge is 0.253 e. The minimum atomic E-state index is -3.63. The topological polar surface area (TPSA) is 90.8 Å². The van der Waals surface area contributed by atoms with Crippen LogP contribution in [0.25, 0.3) is 10.9 Å². The number of halogens is 2. The van der Waals surface area contributed by atoms with Gasteiger partial charge < -0.3 is 10.0 Å². The number of carbonyl (C=O) groups excluding carboxylic acids is 1. The van der Waals surface area contributed by atoms with Gasteiger partial charge in [-0.25, -0.2) is 8.42 Å². The fraction of sp³-hybridized carbons (Fsp3) is 0.214. The van der Waals surface area contributed by atoms with Crippen LogP contribution in [0.2, 0.25) is 10.0 Å². The minimum Gasteiger partial charge on any atom is -0.505 e. The maximum Gasteiger partial charge on any atom is 0.253 e. The summed E-state index contributed by atoms with van der Waals surface area (Å²) in [6, 6.07) is 18.9. The third-order valence-corrected chi connectivity index (χ3v) is 8.92. The molecule has 0 bridgehead atoms. The van der Waals surface area contributed by atoms with Crippen molar-refractivity contribution in [3.8, 4) is 5.75 Å². The van der Waals surface area contributed by atoms with Crippen LogP contribution in [0, 0.1) is 0 Å². The maximum atomic E-state index is 13.2. The molecule has 2 heterocycles. The number of fused-ring (bicyclic) bond motifs is 1. The molecule has 7 nitrogen and oxygen atoms in total. The van der Waals surface area contributed by atoms with Gasteiger partial charge in [0.05, 0.1) is 26.2 Å². The van der Waals surface area contributed by atoms with Gasteiger partial charge in [-0.15, -0.1) is 0 Å². The average molecular weight is 570 g/mol. The third-order valence-electron chi connectivity index (χ3n) is 6.63. The molecule has 0 unspecified atom stereocenters. The largest absolute Gasteiger partial charge is 0.505 e. The molecule has 38 heavy (non-hydrogen) atoms. The van der Waals surface area contributed by atoms with E-state index in [1.165, 1.54) is 0 Å². The molecule has 10 heteroatoms. The van der Waals surface area contributed by atoms with Crippen molar-refractivity contribution in [1.82, 2.24) is 14.8 Å². The van der Waals surface area contributed by atoms with E-state index in [1.54, 1.807) is 65.7 Å². The number of amides is 1. The summed E-state index contributed by atoms with van der Waals surface area (Å²) >= 11 is 12.1. The Bertz CT molecular complexity index is 1570. The molecule has 0 spiro atoms. The van der Waals surface area contributed by atoms with Gasteiger partial charge in [0.1, 0.15) is 0 Å². The van der Waals surface area contributed by atoms with Gasteiger partial charge in [-0.1, -0.05) is 53.5 Å². The highest BCUT2D eigenvalue weighted by Crippen LogP contribution is 2.33. The van der Waals surface area contributed by atoms with E-state index in [1.807, 2.05) is 12.1 Å². The van der Waals surface area contributed by atoms with Gasteiger partial charge in [0, 0.05) is 49.9 Å². The van der Waals surface area contributed by atoms with Gasteiger partial charge in [0.15, 0.2) is 15.6 Å². The van der Waals surface area contributed by atoms with Crippen molar-refractivity contribution in [3.05, 3.63) is 99.7 Å². The second-order valence-corrected chi connectivity index (χ2v) is 12.0. The van der Waals surface area contributed by atoms with Gasteiger partial charge in [-0.3, -0.25) is 14.7 Å². The van der Waals surface area contributed by atoms with E-state index in [2.05, 4.69) is 9.88 Å². The molecule has 196 valence electrons. The van der Waals surface area contributed by atoms with Crippen LogP contribution < -0.4 is 0 Å². The highest BCUT2D eigenvalue weighted by molar-refractivity contribution is 7.90. The van der Waals surface area contributed by atoms with Crippen LogP contribution in [0.1, 0.15) is 21.5 Å². The number of sulfone groups is 1. The van der Waals surface area contributed by atoms with Crippen molar-refractivity contribution in [2.75, 3.05) is 26.2 Å². The molecule has 0 saturated carbocycles. The molecule has 1 saturated heterocycles. The highest BCUT2D eigenvalue weighted by Gasteiger charge is 2.24. The second-order valence-electron chi connectivity index (χ2n) is 9.26. The number of hydrogen-bond acceptors (Lipinski definition) is 6. The summed E-state index contributed by atoms with van der Waals surface area (Å²) in [5, 5.41) is 10.9. The normalized spacial score (nSPS) is 14.6. The Balaban J connectivity index is 1.21. The summed E-state index contributed by atoms with van der Waals surface area (Å²) in [5.74, 6) is -0.393. The molecular weight excluding hydrogens is 545 g/mol. The Morgan fingerprint density at radius 3 is 2.24 bits per heavy atom. The van der Waals surface area contributed by atoms with Crippen LogP contribution in [0.15, 0.2) is 77.8 Å². The first-order valence-corrected chi connectivity index (χ1v) is 14.5. The molecule has 5 rings (SSSR count). The van der Waals surface area contributed by atoms with Crippen molar-refractivity contribution >= 4 is 49.8 Å². The fourth-order valence-corrected chi connectivity index (χ4v) is 6.70. The molecule has 0 atom stereocenters. The first-order valence-electron chi connectivity index (χ1n) is 12.1. The third kappa shape index (κ3) is 5.63. The van der Waals surface area contributed by atoms with Crippen LogP contribution in [0.4, 0.5) is 0 Å². The number of rotatable bonds is 6. The Kier molecular flexibility index (Phi) is 7.59. The van der Waals surface area contributed by atoms with Crippen LogP contribution in [-0.4, -0.2) is 60.4 Å². The van der Waals surface area contributed by atoms with Crippen molar-refractivity contribution < 1.29 is 18.3 Å². The number of piperazine rings is 1.